The Morgan fingerprint density at radius 3 is 2.59 bits per heavy atom. The summed E-state index contributed by atoms with van der Waals surface area (Å²) in [7, 11) is 0. The lowest BCUT2D eigenvalue weighted by Crippen LogP contribution is -3.13. The number of piperidine rings is 1. The second-order valence-electron chi connectivity index (χ2n) is 8.98. The first-order chi connectivity index (χ1) is 15.2. The summed E-state index contributed by atoms with van der Waals surface area (Å²) >= 11 is 5.97. The Morgan fingerprint density at radius 2 is 1.94 bits per heavy atom. The standard InChI is InChI=1S/C24H32ClN3O4/c1-17(29)27-22-8-7-21(30)13-23(22)32-16-24(2,31)15-26-20-9-11-28(12-10-20)14-18-3-5-19(25)6-4-18/h3-8,13,20,26,30-31H,9-12,14-16H2,1-2H3,(H,27,29)/p+2/t24-/m0/s1. The number of nitrogens with two attached hydrogens (primary N) is 1. The molecular weight excluding hydrogens is 430 g/mol. The van der Waals surface area contributed by atoms with Crippen LogP contribution in [0.5, 0.6) is 11.5 Å². The highest BCUT2D eigenvalue weighted by Crippen LogP contribution is 2.29. The van der Waals surface area contributed by atoms with Gasteiger partial charge in [0.1, 0.15) is 36.8 Å². The molecule has 0 saturated carbocycles. The van der Waals surface area contributed by atoms with Crippen molar-refractivity contribution in [3.8, 4) is 11.5 Å². The van der Waals surface area contributed by atoms with Gasteiger partial charge in [0.25, 0.3) is 0 Å². The van der Waals surface area contributed by atoms with E-state index in [9.17, 15) is 15.0 Å². The maximum Gasteiger partial charge on any atom is 0.221 e. The summed E-state index contributed by atoms with van der Waals surface area (Å²) in [6, 6.07) is 13.0. The quantitative estimate of drug-likeness (QED) is 0.357. The molecule has 1 fully saturated rings. The van der Waals surface area contributed by atoms with Crippen LogP contribution in [0.25, 0.3) is 0 Å². The number of amides is 1. The van der Waals surface area contributed by atoms with Crippen LogP contribution in [0.3, 0.4) is 0 Å². The number of benzene rings is 2. The second-order valence-corrected chi connectivity index (χ2v) is 9.41. The minimum absolute atomic E-state index is 0.0353. The van der Waals surface area contributed by atoms with E-state index in [2.05, 4.69) is 22.8 Å². The van der Waals surface area contributed by atoms with Crippen LogP contribution in [0.15, 0.2) is 42.5 Å². The molecule has 8 heteroatoms. The van der Waals surface area contributed by atoms with Crippen molar-refractivity contribution in [1.82, 2.24) is 0 Å². The molecular formula is C24H34ClN3O4+2. The van der Waals surface area contributed by atoms with Crippen molar-refractivity contribution >= 4 is 23.2 Å². The van der Waals surface area contributed by atoms with E-state index in [0.29, 0.717) is 24.0 Å². The molecule has 0 radical (unpaired) electrons. The first kappa shape index (κ1) is 24.3. The summed E-state index contributed by atoms with van der Waals surface area (Å²) in [4.78, 5) is 12.9. The number of rotatable bonds is 9. The number of aromatic hydroxyl groups is 1. The Labute approximate surface area is 194 Å². The number of ether oxygens (including phenoxy) is 1. The van der Waals surface area contributed by atoms with E-state index < -0.39 is 5.60 Å². The molecule has 0 aromatic heterocycles. The Bertz CT molecular complexity index is 897. The molecule has 3 rings (SSSR count). The Balaban J connectivity index is 1.43. The predicted octanol–water partition coefficient (Wildman–Crippen LogP) is 0.945. The lowest BCUT2D eigenvalue weighted by Gasteiger charge is -2.30. The summed E-state index contributed by atoms with van der Waals surface area (Å²) in [5.74, 6) is 0.137. The lowest BCUT2D eigenvalue weighted by molar-refractivity contribution is -0.926. The third kappa shape index (κ3) is 7.67. The van der Waals surface area contributed by atoms with Crippen LogP contribution in [-0.4, -0.2) is 54.0 Å². The molecule has 1 atom stereocenters. The minimum Gasteiger partial charge on any atom is -0.508 e. The van der Waals surface area contributed by atoms with Gasteiger partial charge in [-0.1, -0.05) is 23.7 Å². The first-order valence-electron chi connectivity index (χ1n) is 11.1. The Morgan fingerprint density at radius 1 is 1.25 bits per heavy atom. The summed E-state index contributed by atoms with van der Waals surface area (Å²) in [6.45, 7) is 6.93. The van der Waals surface area contributed by atoms with Gasteiger partial charge in [-0.25, -0.2) is 0 Å². The fourth-order valence-electron chi connectivity index (χ4n) is 3.99. The van der Waals surface area contributed by atoms with E-state index in [1.807, 2.05) is 12.1 Å². The fraction of sp³-hybridized carbons (Fsp3) is 0.458. The first-order valence-corrected chi connectivity index (χ1v) is 11.4. The molecule has 2 aromatic rings. The van der Waals surface area contributed by atoms with Crippen LogP contribution in [-0.2, 0) is 11.3 Å². The molecule has 32 heavy (non-hydrogen) atoms. The van der Waals surface area contributed by atoms with Gasteiger partial charge in [0, 0.05) is 36.4 Å². The molecule has 7 nitrogen and oxygen atoms in total. The summed E-state index contributed by atoms with van der Waals surface area (Å²) < 4.78 is 5.76. The molecule has 1 amide bonds. The molecule has 1 aliphatic heterocycles. The smallest absolute Gasteiger partial charge is 0.221 e. The van der Waals surface area contributed by atoms with Gasteiger partial charge in [-0.15, -0.1) is 0 Å². The number of likely N-dealkylation sites (tertiary alicyclic amines) is 1. The van der Waals surface area contributed by atoms with E-state index in [1.54, 1.807) is 17.9 Å². The topological polar surface area (TPSA) is 99.8 Å². The molecule has 0 spiro atoms. The van der Waals surface area contributed by atoms with E-state index in [0.717, 1.165) is 37.5 Å². The van der Waals surface area contributed by atoms with Gasteiger partial charge in [0.05, 0.1) is 24.8 Å². The van der Waals surface area contributed by atoms with Crippen LogP contribution in [0.4, 0.5) is 5.69 Å². The number of hydrogen-bond acceptors (Lipinski definition) is 4. The van der Waals surface area contributed by atoms with Crippen LogP contribution in [0.2, 0.25) is 5.02 Å². The third-order valence-electron chi connectivity index (χ3n) is 5.81. The SMILES string of the molecule is CC(=O)Nc1ccc(O)cc1OC[C@@](C)(O)C[NH2+]C1CC[NH+](Cc2ccc(Cl)cc2)CC1. The number of quaternary nitrogens is 2. The number of halogens is 1. The number of aliphatic hydroxyl groups is 1. The molecule has 0 bridgehead atoms. The zero-order valence-electron chi connectivity index (χ0n) is 18.7. The van der Waals surface area contributed by atoms with Gasteiger partial charge in [0.2, 0.25) is 5.91 Å². The van der Waals surface area contributed by atoms with Crippen molar-refractivity contribution in [1.29, 1.82) is 0 Å². The second kappa shape index (κ2) is 11.0. The van der Waals surface area contributed by atoms with Crippen molar-refractivity contribution in [3.63, 3.8) is 0 Å². The van der Waals surface area contributed by atoms with Crippen molar-refractivity contribution in [2.24, 2.45) is 0 Å². The average Bonchev–Trinajstić information content (AvgIpc) is 2.75. The monoisotopic (exact) mass is 463 g/mol. The minimum atomic E-state index is -1.05. The van der Waals surface area contributed by atoms with Gasteiger partial charge in [-0.2, -0.15) is 0 Å². The lowest BCUT2D eigenvalue weighted by atomic mass is 10.0. The van der Waals surface area contributed by atoms with E-state index in [1.165, 1.54) is 24.6 Å². The normalized spacial score (nSPS) is 20.4. The average molecular weight is 464 g/mol. The highest BCUT2D eigenvalue weighted by atomic mass is 35.5. The summed E-state index contributed by atoms with van der Waals surface area (Å²) in [6.07, 6.45) is 2.19. The molecule has 6 N–H and O–H groups in total. The number of anilines is 1. The molecule has 1 aliphatic rings. The zero-order valence-corrected chi connectivity index (χ0v) is 19.5. The highest BCUT2D eigenvalue weighted by molar-refractivity contribution is 6.30. The molecule has 0 aliphatic carbocycles. The Kier molecular flexibility index (Phi) is 8.37. The van der Waals surface area contributed by atoms with Crippen LogP contribution in [0, 0.1) is 0 Å². The van der Waals surface area contributed by atoms with Crippen molar-refractivity contribution in [2.75, 3.05) is 31.6 Å². The number of phenols is 1. The number of phenolic OH excluding ortho intramolecular Hbond substituents is 1. The highest BCUT2D eigenvalue weighted by Gasteiger charge is 2.30. The molecule has 2 aromatic carbocycles. The Hall–Kier alpha value is -2.32. The largest absolute Gasteiger partial charge is 0.508 e. The van der Waals surface area contributed by atoms with Crippen LogP contribution >= 0.6 is 11.6 Å². The zero-order chi connectivity index (χ0) is 23.1. The third-order valence-corrected chi connectivity index (χ3v) is 6.06. The summed E-state index contributed by atoms with van der Waals surface area (Å²) in [5.41, 5.74) is 0.718. The van der Waals surface area contributed by atoms with Crippen molar-refractivity contribution in [2.45, 2.75) is 44.9 Å². The van der Waals surface area contributed by atoms with Crippen molar-refractivity contribution < 1.29 is 30.0 Å². The maximum absolute atomic E-state index is 11.4. The van der Waals surface area contributed by atoms with Crippen molar-refractivity contribution in [3.05, 3.63) is 53.1 Å². The van der Waals surface area contributed by atoms with Crippen LogP contribution in [0.1, 0.15) is 32.3 Å². The van der Waals surface area contributed by atoms with Gasteiger partial charge in [-0.05, 0) is 31.2 Å². The van der Waals surface area contributed by atoms with Gasteiger partial charge >= 0.3 is 0 Å². The van der Waals surface area contributed by atoms with Crippen LogP contribution < -0.4 is 20.3 Å². The number of carbonyl (C=O) groups excluding carboxylic acids is 1. The number of nitrogens with one attached hydrogen (secondary N) is 2. The van der Waals surface area contributed by atoms with Gasteiger partial charge in [0.15, 0.2) is 0 Å². The number of carbonyl (C=O) groups is 1. The summed E-state index contributed by atoms with van der Waals surface area (Å²) in [5, 5.41) is 26.2. The van der Waals surface area contributed by atoms with Gasteiger partial charge < -0.3 is 30.5 Å². The molecule has 1 saturated heterocycles. The van der Waals surface area contributed by atoms with Gasteiger partial charge in [-0.3, -0.25) is 4.79 Å². The predicted molar refractivity (Wildman–Crippen MR) is 124 cm³/mol. The van der Waals surface area contributed by atoms with E-state index in [-0.39, 0.29) is 18.3 Å². The number of hydrogen-bond donors (Lipinski definition) is 5. The maximum atomic E-state index is 11.4. The molecule has 1 heterocycles. The molecule has 174 valence electrons. The van der Waals surface area contributed by atoms with E-state index >= 15 is 0 Å². The van der Waals surface area contributed by atoms with E-state index in [4.69, 9.17) is 16.3 Å². The fourth-order valence-corrected chi connectivity index (χ4v) is 4.11. The molecule has 0 unspecified atom stereocenters.